The first-order valence-electron chi connectivity index (χ1n) is 7.28. The van der Waals surface area contributed by atoms with Crippen molar-refractivity contribution in [3.05, 3.63) is 21.9 Å². The topological polar surface area (TPSA) is 52.7 Å². The average Bonchev–Trinajstić information content (AvgIpc) is 2.87. The van der Waals surface area contributed by atoms with Gasteiger partial charge in [-0.05, 0) is 51.4 Å². The summed E-state index contributed by atoms with van der Waals surface area (Å²) in [7, 11) is 4.17. The maximum atomic E-state index is 10.1. The van der Waals surface area contributed by atoms with Gasteiger partial charge in [-0.3, -0.25) is 4.90 Å². The van der Waals surface area contributed by atoms with Crippen molar-refractivity contribution in [2.75, 3.05) is 27.2 Å². The maximum absolute atomic E-state index is 10.1. The molecule has 3 N–H and O–H groups in total. The second-order valence-corrected chi connectivity index (χ2v) is 7.22. The number of rotatable bonds is 5. The lowest BCUT2D eigenvalue weighted by atomic mass is 10.0. The summed E-state index contributed by atoms with van der Waals surface area (Å²) >= 11 is 1.78. The number of thiophene rings is 1. The van der Waals surface area contributed by atoms with E-state index in [1.54, 1.807) is 11.3 Å². The van der Waals surface area contributed by atoms with E-state index in [-0.39, 0.29) is 18.2 Å². The fourth-order valence-corrected chi connectivity index (χ4v) is 4.40. The van der Waals surface area contributed by atoms with Crippen LogP contribution in [0.2, 0.25) is 0 Å². The SMILES string of the molecule is Cc1ccsc1C(C(C)N)N1CC(O)CC1CN(C)C. The molecule has 1 aromatic heterocycles. The van der Waals surface area contributed by atoms with Crippen LogP contribution >= 0.6 is 11.3 Å². The zero-order chi connectivity index (χ0) is 14.9. The van der Waals surface area contributed by atoms with E-state index in [2.05, 4.69) is 49.2 Å². The molecule has 0 spiro atoms. The number of aliphatic hydroxyl groups is 1. The summed E-state index contributed by atoms with van der Waals surface area (Å²) in [5.74, 6) is 0. The summed E-state index contributed by atoms with van der Waals surface area (Å²) < 4.78 is 0. The molecule has 1 aliphatic heterocycles. The Morgan fingerprint density at radius 1 is 1.55 bits per heavy atom. The molecule has 0 saturated carbocycles. The monoisotopic (exact) mass is 297 g/mol. The lowest BCUT2D eigenvalue weighted by Gasteiger charge is -2.36. The Kier molecular flexibility index (Phi) is 5.20. The van der Waals surface area contributed by atoms with Crippen LogP contribution in [0.25, 0.3) is 0 Å². The van der Waals surface area contributed by atoms with Crippen molar-refractivity contribution in [3.8, 4) is 0 Å². The number of likely N-dealkylation sites (tertiary alicyclic amines) is 1. The van der Waals surface area contributed by atoms with Crippen LogP contribution in [0, 0.1) is 6.92 Å². The molecule has 1 fully saturated rings. The van der Waals surface area contributed by atoms with Crippen LogP contribution in [0.15, 0.2) is 11.4 Å². The Bertz CT molecular complexity index is 433. The molecule has 5 heteroatoms. The quantitative estimate of drug-likeness (QED) is 0.863. The summed E-state index contributed by atoms with van der Waals surface area (Å²) in [4.78, 5) is 5.95. The Labute approximate surface area is 126 Å². The van der Waals surface area contributed by atoms with Crippen LogP contribution in [-0.4, -0.2) is 60.3 Å². The van der Waals surface area contributed by atoms with E-state index in [1.165, 1.54) is 10.4 Å². The van der Waals surface area contributed by atoms with Gasteiger partial charge >= 0.3 is 0 Å². The van der Waals surface area contributed by atoms with Gasteiger partial charge in [0.1, 0.15) is 0 Å². The highest BCUT2D eigenvalue weighted by molar-refractivity contribution is 7.10. The Morgan fingerprint density at radius 2 is 2.25 bits per heavy atom. The minimum Gasteiger partial charge on any atom is -0.392 e. The van der Waals surface area contributed by atoms with E-state index in [9.17, 15) is 5.11 Å². The molecule has 1 saturated heterocycles. The number of likely N-dealkylation sites (N-methyl/N-ethyl adjacent to an activating group) is 1. The lowest BCUT2D eigenvalue weighted by Crippen LogP contribution is -2.45. The highest BCUT2D eigenvalue weighted by atomic mass is 32.1. The first kappa shape index (κ1) is 15.9. The van der Waals surface area contributed by atoms with Crippen molar-refractivity contribution in [3.63, 3.8) is 0 Å². The smallest absolute Gasteiger partial charge is 0.0682 e. The molecule has 1 aromatic rings. The van der Waals surface area contributed by atoms with Crippen molar-refractivity contribution < 1.29 is 5.11 Å². The van der Waals surface area contributed by atoms with Crippen molar-refractivity contribution >= 4 is 11.3 Å². The summed E-state index contributed by atoms with van der Waals surface area (Å²) in [6, 6.07) is 2.79. The molecule has 2 heterocycles. The molecule has 4 unspecified atom stereocenters. The van der Waals surface area contributed by atoms with Gasteiger partial charge in [-0.15, -0.1) is 11.3 Å². The molecule has 20 heavy (non-hydrogen) atoms. The van der Waals surface area contributed by atoms with E-state index in [4.69, 9.17) is 5.73 Å². The first-order chi connectivity index (χ1) is 9.40. The summed E-state index contributed by atoms with van der Waals surface area (Å²) in [6.45, 7) is 5.91. The highest BCUT2D eigenvalue weighted by Gasteiger charge is 2.38. The summed E-state index contributed by atoms with van der Waals surface area (Å²) in [5, 5.41) is 12.2. The number of hydrogen-bond acceptors (Lipinski definition) is 5. The van der Waals surface area contributed by atoms with E-state index in [0.717, 1.165) is 19.5 Å². The molecular formula is C15H27N3OS. The highest BCUT2D eigenvalue weighted by Crippen LogP contribution is 2.35. The average molecular weight is 297 g/mol. The number of nitrogens with zero attached hydrogens (tertiary/aromatic N) is 2. The van der Waals surface area contributed by atoms with Gasteiger partial charge in [-0.1, -0.05) is 0 Å². The summed E-state index contributed by atoms with van der Waals surface area (Å²) in [6.07, 6.45) is 0.604. The molecule has 0 bridgehead atoms. The van der Waals surface area contributed by atoms with Gasteiger partial charge in [0.2, 0.25) is 0 Å². The summed E-state index contributed by atoms with van der Waals surface area (Å²) in [5.41, 5.74) is 7.59. The van der Waals surface area contributed by atoms with Crippen LogP contribution in [0.1, 0.15) is 29.8 Å². The van der Waals surface area contributed by atoms with Gasteiger partial charge in [0.15, 0.2) is 0 Å². The van der Waals surface area contributed by atoms with E-state index >= 15 is 0 Å². The molecule has 0 radical (unpaired) electrons. The molecule has 4 nitrogen and oxygen atoms in total. The van der Waals surface area contributed by atoms with Crippen molar-refractivity contribution in [2.45, 2.75) is 44.5 Å². The largest absolute Gasteiger partial charge is 0.392 e. The maximum Gasteiger partial charge on any atom is 0.0682 e. The molecule has 0 amide bonds. The first-order valence-corrected chi connectivity index (χ1v) is 8.16. The predicted molar refractivity (Wildman–Crippen MR) is 85.1 cm³/mol. The van der Waals surface area contributed by atoms with E-state index in [1.807, 2.05) is 0 Å². The van der Waals surface area contributed by atoms with Crippen LogP contribution in [0.4, 0.5) is 0 Å². The van der Waals surface area contributed by atoms with Gasteiger partial charge < -0.3 is 15.7 Å². The van der Waals surface area contributed by atoms with Gasteiger partial charge in [0.25, 0.3) is 0 Å². The molecular weight excluding hydrogens is 270 g/mol. The van der Waals surface area contributed by atoms with Crippen LogP contribution in [0.3, 0.4) is 0 Å². The van der Waals surface area contributed by atoms with E-state index < -0.39 is 0 Å². The molecule has 114 valence electrons. The van der Waals surface area contributed by atoms with Gasteiger partial charge in [-0.2, -0.15) is 0 Å². The minimum atomic E-state index is -0.235. The number of β-amino-alcohol motifs (C(OH)–C–C–N with tert-alkyl or cyclic N) is 1. The van der Waals surface area contributed by atoms with Crippen LogP contribution in [-0.2, 0) is 0 Å². The van der Waals surface area contributed by atoms with Gasteiger partial charge in [0.05, 0.1) is 12.1 Å². The predicted octanol–water partition coefficient (Wildman–Crippen LogP) is 1.44. The molecule has 1 aliphatic rings. The number of aryl methyl sites for hydroxylation is 1. The van der Waals surface area contributed by atoms with Crippen molar-refractivity contribution in [2.24, 2.45) is 5.73 Å². The molecule has 0 aromatic carbocycles. The van der Waals surface area contributed by atoms with Crippen molar-refractivity contribution in [1.82, 2.24) is 9.80 Å². The molecule has 0 aliphatic carbocycles. The Balaban J connectivity index is 2.26. The van der Waals surface area contributed by atoms with E-state index in [0.29, 0.717) is 6.04 Å². The normalized spacial score (nSPS) is 27.1. The zero-order valence-corrected chi connectivity index (χ0v) is 13.7. The third kappa shape index (κ3) is 3.40. The third-order valence-electron chi connectivity index (χ3n) is 4.04. The Hall–Kier alpha value is -0.460. The lowest BCUT2D eigenvalue weighted by molar-refractivity contribution is 0.125. The minimum absolute atomic E-state index is 0.0577. The molecule has 4 atom stereocenters. The third-order valence-corrected chi connectivity index (χ3v) is 5.13. The number of aliphatic hydroxyl groups excluding tert-OH is 1. The van der Waals surface area contributed by atoms with Gasteiger partial charge in [0, 0.05) is 30.1 Å². The second-order valence-electron chi connectivity index (χ2n) is 6.27. The zero-order valence-electron chi connectivity index (χ0n) is 12.9. The van der Waals surface area contributed by atoms with Crippen LogP contribution in [0.5, 0.6) is 0 Å². The van der Waals surface area contributed by atoms with Gasteiger partial charge in [-0.25, -0.2) is 0 Å². The Morgan fingerprint density at radius 3 is 2.75 bits per heavy atom. The second kappa shape index (κ2) is 6.54. The number of nitrogens with two attached hydrogens (primary N) is 1. The fraction of sp³-hybridized carbons (Fsp3) is 0.733. The van der Waals surface area contributed by atoms with Crippen molar-refractivity contribution in [1.29, 1.82) is 0 Å². The standard InChI is InChI=1S/C15H27N3OS/c1-10-5-6-20-15(10)14(11(2)16)18-9-13(19)7-12(18)8-17(3)4/h5-6,11-14,19H,7-9,16H2,1-4H3. The van der Waals surface area contributed by atoms with Crippen LogP contribution < -0.4 is 5.73 Å². The number of hydrogen-bond donors (Lipinski definition) is 2. The molecule has 2 rings (SSSR count). The fourth-order valence-electron chi connectivity index (χ4n) is 3.24.